The Balaban J connectivity index is 1.99. The van der Waals surface area contributed by atoms with Gasteiger partial charge in [-0.1, -0.05) is 18.2 Å². The summed E-state index contributed by atoms with van der Waals surface area (Å²) in [7, 11) is 0. The fourth-order valence-corrected chi connectivity index (χ4v) is 3.38. The molecule has 18 heavy (non-hydrogen) atoms. The van der Waals surface area contributed by atoms with Crippen molar-refractivity contribution in [1.82, 2.24) is 4.90 Å². The van der Waals surface area contributed by atoms with E-state index in [-0.39, 0.29) is 5.91 Å². The smallest absolute Gasteiger partial charge is 0.266 e. The molecule has 94 valence electrons. The number of fused-ring (bicyclic) bond motifs is 1. The van der Waals surface area contributed by atoms with Crippen LogP contribution in [0.1, 0.15) is 16.1 Å². The van der Waals surface area contributed by atoms with Crippen LogP contribution in [-0.4, -0.2) is 35.1 Å². The molecule has 1 aromatic carbocycles. The van der Waals surface area contributed by atoms with Gasteiger partial charge in [-0.05, 0) is 12.5 Å². The second-order valence-corrected chi connectivity index (χ2v) is 5.59. The minimum atomic E-state index is -0.399. The van der Waals surface area contributed by atoms with Gasteiger partial charge < -0.3 is 15.7 Å². The number of nitrogens with zero attached hydrogens (tertiary/aromatic N) is 1. The summed E-state index contributed by atoms with van der Waals surface area (Å²) in [6, 6.07) is 7.74. The predicted octanol–water partition coefficient (Wildman–Crippen LogP) is 1.69. The normalized spacial score (nSPS) is 19.6. The molecule has 1 aromatic heterocycles. The predicted molar refractivity (Wildman–Crippen MR) is 72.8 cm³/mol. The maximum absolute atomic E-state index is 12.3. The number of β-amino-alcohol motifs (C(OH)–C–C–N with tert-alkyl or cyclic N) is 1. The molecule has 1 amide bonds. The molecule has 2 aromatic rings. The van der Waals surface area contributed by atoms with Crippen LogP contribution in [0.5, 0.6) is 0 Å². The molecule has 1 saturated heterocycles. The Morgan fingerprint density at radius 2 is 2.22 bits per heavy atom. The molecule has 1 fully saturated rings. The summed E-state index contributed by atoms with van der Waals surface area (Å²) in [5.41, 5.74) is 6.60. The van der Waals surface area contributed by atoms with Crippen LogP contribution < -0.4 is 5.73 Å². The van der Waals surface area contributed by atoms with Crippen molar-refractivity contribution < 1.29 is 9.90 Å². The lowest BCUT2D eigenvalue weighted by Crippen LogP contribution is -2.29. The Bertz CT molecular complexity index is 608. The van der Waals surface area contributed by atoms with Crippen LogP contribution in [0, 0.1) is 0 Å². The van der Waals surface area contributed by atoms with Crippen molar-refractivity contribution in [3.05, 3.63) is 29.1 Å². The first-order chi connectivity index (χ1) is 8.66. The van der Waals surface area contributed by atoms with Crippen molar-refractivity contribution in [3.8, 4) is 0 Å². The zero-order chi connectivity index (χ0) is 12.7. The number of rotatable bonds is 1. The zero-order valence-corrected chi connectivity index (χ0v) is 10.6. The number of hydrogen-bond acceptors (Lipinski definition) is 4. The van der Waals surface area contributed by atoms with Crippen molar-refractivity contribution in [2.24, 2.45) is 0 Å². The second kappa shape index (κ2) is 4.26. The van der Waals surface area contributed by atoms with Gasteiger partial charge in [0.05, 0.1) is 11.8 Å². The van der Waals surface area contributed by atoms with Crippen molar-refractivity contribution in [1.29, 1.82) is 0 Å². The molecule has 5 heteroatoms. The van der Waals surface area contributed by atoms with Crippen LogP contribution in [0.15, 0.2) is 24.3 Å². The Morgan fingerprint density at radius 3 is 2.89 bits per heavy atom. The van der Waals surface area contributed by atoms with Gasteiger partial charge in [0, 0.05) is 23.2 Å². The molecule has 0 spiro atoms. The summed E-state index contributed by atoms with van der Waals surface area (Å²) < 4.78 is 1.03. The van der Waals surface area contributed by atoms with Gasteiger partial charge in [-0.25, -0.2) is 0 Å². The number of amides is 1. The van der Waals surface area contributed by atoms with Crippen molar-refractivity contribution >= 4 is 33.0 Å². The standard InChI is InChI=1S/C13H14N2O2S/c14-11-9-3-1-2-4-10(9)18-12(11)13(17)15-6-5-8(16)7-15/h1-4,8,16H,5-7,14H2. The lowest BCUT2D eigenvalue weighted by atomic mass is 10.2. The lowest BCUT2D eigenvalue weighted by molar-refractivity contribution is 0.0770. The van der Waals surface area contributed by atoms with E-state index < -0.39 is 6.10 Å². The SMILES string of the molecule is Nc1c(C(=O)N2CCC(O)C2)sc2ccccc12. The van der Waals surface area contributed by atoms with E-state index in [0.717, 1.165) is 10.1 Å². The van der Waals surface area contributed by atoms with Gasteiger partial charge in [0.15, 0.2) is 0 Å². The second-order valence-electron chi connectivity index (χ2n) is 4.53. The third-order valence-corrected chi connectivity index (χ3v) is 4.45. The topological polar surface area (TPSA) is 66.6 Å². The first kappa shape index (κ1) is 11.5. The molecular formula is C13H14N2O2S. The first-order valence-electron chi connectivity index (χ1n) is 5.91. The highest BCUT2D eigenvalue weighted by molar-refractivity contribution is 7.21. The van der Waals surface area contributed by atoms with Gasteiger partial charge in [0.1, 0.15) is 4.88 Å². The number of nitrogens with two attached hydrogens (primary N) is 1. The number of likely N-dealkylation sites (tertiary alicyclic amines) is 1. The molecule has 1 aliphatic heterocycles. The third-order valence-electron chi connectivity index (χ3n) is 3.28. The number of carbonyl (C=O) groups is 1. The molecule has 2 heterocycles. The van der Waals surface area contributed by atoms with E-state index in [1.165, 1.54) is 11.3 Å². The Hall–Kier alpha value is -1.59. The molecule has 1 atom stereocenters. The number of hydrogen-bond donors (Lipinski definition) is 2. The number of nitrogen functional groups attached to an aromatic ring is 1. The lowest BCUT2D eigenvalue weighted by Gasteiger charge is -2.14. The molecule has 0 bridgehead atoms. The Kier molecular flexibility index (Phi) is 2.72. The first-order valence-corrected chi connectivity index (χ1v) is 6.73. The minimum absolute atomic E-state index is 0.0646. The van der Waals surface area contributed by atoms with E-state index in [4.69, 9.17) is 5.73 Å². The van der Waals surface area contributed by atoms with Gasteiger partial charge in [-0.15, -0.1) is 11.3 Å². The van der Waals surface area contributed by atoms with Gasteiger partial charge in [-0.3, -0.25) is 4.79 Å². The van der Waals surface area contributed by atoms with E-state index in [1.54, 1.807) is 4.90 Å². The van der Waals surface area contributed by atoms with Gasteiger partial charge in [0.25, 0.3) is 5.91 Å². The largest absolute Gasteiger partial charge is 0.397 e. The number of carbonyl (C=O) groups excluding carboxylic acids is 1. The van der Waals surface area contributed by atoms with Crippen LogP contribution in [-0.2, 0) is 0 Å². The number of benzene rings is 1. The maximum atomic E-state index is 12.3. The van der Waals surface area contributed by atoms with E-state index in [0.29, 0.717) is 30.1 Å². The summed E-state index contributed by atoms with van der Waals surface area (Å²) in [6.07, 6.45) is 0.251. The van der Waals surface area contributed by atoms with Crippen LogP contribution in [0.25, 0.3) is 10.1 Å². The van der Waals surface area contributed by atoms with Crippen LogP contribution in [0.4, 0.5) is 5.69 Å². The number of anilines is 1. The molecule has 0 aliphatic carbocycles. The van der Waals surface area contributed by atoms with Crippen LogP contribution >= 0.6 is 11.3 Å². The average Bonchev–Trinajstić information content (AvgIpc) is 2.94. The fraction of sp³-hybridized carbons (Fsp3) is 0.308. The van der Waals surface area contributed by atoms with Crippen molar-refractivity contribution in [3.63, 3.8) is 0 Å². The summed E-state index contributed by atoms with van der Waals surface area (Å²) in [4.78, 5) is 14.6. The van der Waals surface area contributed by atoms with Gasteiger partial charge in [-0.2, -0.15) is 0 Å². The fourth-order valence-electron chi connectivity index (χ4n) is 2.29. The summed E-state index contributed by atoms with van der Waals surface area (Å²) in [5.74, 6) is -0.0646. The molecule has 3 rings (SSSR count). The number of aliphatic hydroxyl groups excluding tert-OH is 1. The number of aliphatic hydroxyl groups is 1. The highest BCUT2D eigenvalue weighted by Crippen LogP contribution is 2.34. The third kappa shape index (κ3) is 1.76. The summed E-state index contributed by atoms with van der Waals surface area (Å²) in [5, 5.41) is 10.4. The number of thiophene rings is 1. The highest BCUT2D eigenvalue weighted by atomic mass is 32.1. The summed E-state index contributed by atoms with van der Waals surface area (Å²) in [6.45, 7) is 1.01. The van der Waals surface area contributed by atoms with E-state index in [9.17, 15) is 9.90 Å². The van der Waals surface area contributed by atoms with Gasteiger partial charge in [0.2, 0.25) is 0 Å². The average molecular weight is 262 g/mol. The van der Waals surface area contributed by atoms with E-state index in [1.807, 2.05) is 24.3 Å². The van der Waals surface area contributed by atoms with Crippen molar-refractivity contribution in [2.75, 3.05) is 18.8 Å². The maximum Gasteiger partial charge on any atom is 0.266 e. The molecular weight excluding hydrogens is 248 g/mol. The monoisotopic (exact) mass is 262 g/mol. The minimum Gasteiger partial charge on any atom is -0.397 e. The Morgan fingerprint density at radius 1 is 1.44 bits per heavy atom. The Labute approximate surface area is 109 Å². The van der Waals surface area contributed by atoms with E-state index in [2.05, 4.69) is 0 Å². The van der Waals surface area contributed by atoms with Crippen LogP contribution in [0.3, 0.4) is 0 Å². The molecule has 1 unspecified atom stereocenters. The quantitative estimate of drug-likeness (QED) is 0.822. The summed E-state index contributed by atoms with van der Waals surface area (Å²) >= 11 is 1.42. The zero-order valence-electron chi connectivity index (χ0n) is 9.80. The van der Waals surface area contributed by atoms with E-state index >= 15 is 0 Å². The molecule has 4 nitrogen and oxygen atoms in total. The van der Waals surface area contributed by atoms with Gasteiger partial charge >= 0.3 is 0 Å². The molecule has 1 aliphatic rings. The molecule has 0 saturated carbocycles. The van der Waals surface area contributed by atoms with Crippen LogP contribution in [0.2, 0.25) is 0 Å². The van der Waals surface area contributed by atoms with Crippen molar-refractivity contribution in [2.45, 2.75) is 12.5 Å². The molecule has 0 radical (unpaired) electrons. The highest BCUT2D eigenvalue weighted by Gasteiger charge is 2.28. The molecule has 3 N–H and O–H groups in total.